The van der Waals surface area contributed by atoms with E-state index < -0.39 is 26.0 Å². The molecule has 0 saturated carbocycles. The van der Waals surface area contributed by atoms with E-state index in [0.29, 0.717) is 41.4 Å². The molecule has 0 aliphatic rings. The Labute approximate surface area is 201 Å². The lowest BCUT2D eigenvalue weighted by molar-refractivity contribution is -0.152. The van der Waals surface area contributed by atoms with E-state index in [9.17, 15) is 13.8 Å². The Bertz CT molecular complexity index is 779. The Hall–Kier alpha value is -1.21. The third-order valence-corrected chi connectivity index (χ3v) is 6.01. The van der Waals surface area contributed by atoms with Gasteiger partial charge in [0.05, 0.1) is 17.8 Å². The predicted octanol–water partition coefficient (Wildman–Crippen LogP) is 4.57. The predicted molar refractivity (Wildman–Crippen MR) is 131 cm³/mol. The number of amidine groups is 1. The van der Waals surface area contributed by atoms with E-state index in [1.165, 1.54) is 0 Å². The first-order chi connectivity index (χ1) is 15.0. The van der Waals surface area contributed by atoms with E-state index in [1.807, 2.05) is 13.8 Å². The summed E-state index contributed by atoms with van der Waals surface area (Å²) in [4.78, 5) is 29.3. The summed E-state index contributed by atoms with van der Waals surface area (Å²) in [5.41, 5.74) is 12.1. The Kier molecular flexibility index (Phi) is 13.4. The number of carbonyl (C=O) groups is 2. The number of ketones is 1. The molecule has 0 saturated heterocycles. The molecule has 176 valence electrons. The number of aliphatic imine (C=N–C) groups is 1. The minimum atomic E-state index is -2.12. The molecule has 0 heterocycles. The van der Waals surface area contributed by atoms with Crippen LogP contribution in [0.15, 0.2) is 23.2 Å². The lowest BCUT2D eigenvalue weighted by atomic mass is 9.90. The van der Waals surface area contributed by atoms with E-state index in [4.69, 9.17) is 47.0 Å². The molecule has 1 rings (SSSR count). The number of nitrogens with two attached hydrogens (primary N) is 2. The van der Waals surface area contributed by atoms with E-state index >= 15 is 0 Å². The Morgan fingerprint density at radius 3 is 2.47 bits per heavy atom. The highest BCUT2D eigenvalue weighted by molar-refractivity contribution is 7.78. The zero-order valence-corrected chi connectivity index (χ0v) is 20.8. The van der Waals surface area contributed by atoms with E-state index in [2.05, 4.69) is 4.99 Å². The third kappa shape index (κ3) is 11.1. The second-order valence-corrected chi connectivity index (χ2v) is 9.91. The molecule has 0 bridgehead atoms. The molecule has 4 N–H and O–H groups in total. The lowest BCUT2D eigenvalue weighted by Crippen LogP contribution is -2.34. The van der Waals surface area contributed by atoms with Crippen LogP contribution in [-0.2, 0) is 20.9 Å². The highest BCUT2D eigenvalue weighted by Crippen LogP contribution is 2.29. The molecule has 3 atom stereocenters. The van der Waals surface area contributed by atoms with Crippen molar-refractivity contribution in [3.05, 3.63) is 33.8 Å². The topological polar surface area (TPSA) is 108 Å². The number of rotatable bonds is 14. The molecule has 1 aromatic rings. The van der Waals surface area contributed by atoms with Gasteiger partial charge >= 0.3 is 5.97 Å². The highest BCUT2D eigenvalue weighted by atomic mass is 35.5. The van der Waals surface area contributed by atoms with E-state index in [0.717, 1.165) is 0 Å². The molecule has 0 amide bonds. The summed E-state index contributed by atoms with van der Waals surface area (Å²) in [6, 6.07) is 4.29. The van der Waals surface area contributed by atoms with Gasteiger partial charge < -0.3 is 16.2 Å². The van der Waals surface area contributed by atoms with Crippen LogP contribution in [0.5, 0.6) is 0 Å². The number of carbonyl (C=O) groups excluding carboxylic acids is 2. The maximum absolute atomic E-state index is 12.7. The minimum absolute atomic E-state index is 0.0147. The number of hydrogen-bond donors (Lipinski definition) is 2. The molecule has 1 unspecified atom stereocenters. The van der Waals surface area contributed by atoms with Crippen LogP contribution < -0.4 is 11.5 Å². The SMILES string of the molecule is [B]P(F)CC(N)=NCCC[C@@H](N)C(=O)C[C@@H](CC(C)C)C(=O)OCc1c(Cl)cccc1Cl. The van der Waals surface area contributed by atoms with Crippen molar-refractivity contribution in [2.24, 2.45) is 28.3 Å². The van der Waals surface area contributed by atoms with Crippen LogP contribution >= 0.6 is 31.3 Å². The number of ether oxygens (including phenoxy) is 1. The van der Waals surface area contributed by atoms with Gasteiger partial charge in [0, 0.05) is 42.8 Å². The fourth-order valence-electron chi connectivity index (χ4n) is 3.06. The molecule has 32 heavy (non-hydrogen) atoms. The number of Topliss-reactive ketones (excluding diaryl/α,β-unsaturated/α-hetero) is 1. The van der Waals surface area contributed by atoms with Gasteiger partial charge in [0.2, 0.25) is 0 Å². The number of halogens is 3. The van der Waals surface area contributed by atoms with Crippen LogP contribution in [0.4, 0.5) is 4.20 Å². The molecule has 11 heteroatoms. The Morgan fingerprint density at radius 2 is 1.91 bits per heavy atom. The third-order valence-electron chi connectivity index (χ3n) is 4.67. The fourth-order valence-corrected chi connectivity index (χ4v) is 3.97. The van der Waals surface area contributed by atoms with Crippen LogP contribution in [0.25, 0.3) is 0 Å². The quantitative estimate of drug-likeness (QED) is 0.0964. The molecule has 0 spiro atoms. The summed E-state index contributed by atoms with van der Waals surface area (Å²) >= 11 is 12.2. The molecule has 2 radical (unpaired) electrons. The van der Waals surface area contributed by atoms with Gasteiger partial charge in [0.1, 0.15) is 12.4 Å². The summed E-state index contributed by atoms with van der Waals surface area (Å²) in [7, 11) is 2.96. The average Bonchev–Trinajstić information content (AvgIpc) is 2.69. The van der Waals surface area contributed by atoms with Crippen molar-refractivity contribution in [3.8, 4) is 0 Å². The monoisotopic (exact) mass is 503 g/mol. The zero-order valence-electron chi connectivity index (χ0n) is 18.4. The van der Waals surface area contributed by atoms with Crippen molar-refractivity contribution in [2.75, 3.05) is 12.7 Å². The second kappa shape index (κ2) is 14.8. The number of hydrogen-bond acceptors (Lipinski definition) is 5. The Balaban J connectivity index is 2.61. The summed E-state index contributed by atoms with van der Waals surface area (Å²) in [6.45, 7) is 4.17. The van der Waals surface area contributed by atoms with Gasteiger partial charge in [0.15, 0.2) is 7.57 Å². The zero-order chi connectivity index (χ0) is 24.3. The standard InChI is InChI=1S/C21H30BCl2FN3O3P/c1-13(2)9-14(21(30)31-11-15-16(23)5-3-6-17(15)24)10-19(29)18(26)7-4-8-28-20(27)12-32(22)25/h3,5-6,13-14,18H,4,7-12,26H2,1-2H3,(H2,27,28)/t14-,18-,32?/m1/s1. The van der Waals surface area contributed by atoms with Gasteiger partial charge in [-0.3, -0.25) is 14.6 Å². The first-order valence-electron chi connectivity index (χ1n) is 10.4. The summed E-state index contributed by atoms with van der Waals surface area (Å²) in [6.07, 6.45) is 1.28. The van der Waals surface area contributed by atoms with Crippen molar-refractivity contribution in [3.63, 3.8) is 0 Å². The Morgan fingerprint density at radius 1 is 1.28 bits per heavy atom. The summed E-state index contributed by atoms with van der Waals surface area (Å²) in [5.74, 6) is -0.996. The average molecular weight is 504 g/mol. The van der Waals surface area contributed by atoms with E-state index in [1.54, 1.807) is 18.2 Å². The smallest absolute Gasteiger partial charge is 0.309 e. The number of esters is 1. The molecule has 0 aromatic heterocycles. The maximum Gasteiger partial charge on any atom is 0.309 e. The van der Waals surface area contributed by atoms with Crippen molar-refractivity contribution in [1.29, 1.82) is 0 Å². The van der Waals surface area contributed by atoms with Crippen molar-refractivity contribution < 1.29 is 18.5 Å². The number of nitrogens with zero attached hydrogens (tertiary/aromatic N) is 1. The normalized spacial score (nSPS) is 14.8. The van der Waals surface area contributed by atoms with Crippen molar-refractivity contribution >= 4 is 56.5 Å². The van der Waals surface area contributed by atoms with Gasteiger partial charge in [-0.15, -0.1) is 0 Å². The van der Waals surface area contributed by atoms with Crippen LogP contribution in [0.2, 0.25) is 10.0 Å². The van der Waals surface area contributed by atoms with Gasteiger partial charge in [-0.05, 0) is 37.3 Å². The van der Waals surface area contributed by atoms with Crippen LogP contribution in [0.1, 0.15) is 45.1 Å². The fraction of sp³-hybridized carbons (Fsp3) is 0.571. The van der Waals surface area contributed by atoms with Gasteiger partial charge in [-0.1, -0.05) is 43.1 Å². The van der Waals surface area contributed by atoms with Crippen LogP contribution in [0.3, 0.4) is 0 Å². The first-order valence-corrected chi connectivity index (χ1v) is 12.6. The molecular weight excluding hydrogens is 474 g/mol. The van der Waals surface area contributed by atoms with Gasteiger partial charge in [0.25, 0.3) is 0 Å². The molecule has 1 aromatic carbocycles. The summed E-state index contributed by atoms with van der Waals surface area (Å²) < 4.78 is 18.1. The van der Waals surface area contributed by atoms with Gasteiger partial charge in [-0.25, -0.2) is 4.20 Å². The largest absolute Gasteiger partial charge is 0.460 e. The van der Waals surface area contributed by atoms with Gasteiger partial charge in [-0.2, -0.15) is 0 Å². The summed E-state index contributed by atoms with van der Waals surface area (Å²) in [5, 5.41) is 0.809. The first kappa shape index (κ1) is 28.8. The number of benzene rings is 1. The van der Waals surface area contributed by atoms with Crippen molar-refractivity contribution in [1.82, 2.24) is 0 Å². The van der Waals surface area contributed by atoms with Crippen LogP contribution in [-0.4, -0.2) is 43.9 Å². The second-order valence-electron chi connectivity index (χ2n) is 7.98. The minimum Gasteiger partial charge on any atom is -0.460 e. The maximum atomic E-state index is 12.7. The molecular formula is C21H30BCl2FN3O3P. The van der Waals surface area contributed by atoms with Crippen molar-refractivity contribution in [2.45, 2.75) is 52.2 Å². The van der Waals surface area contributed by atoms with Crippen LogP contribution in [0, 0.1) is 11.8 Å². The lowest BCUT2D eigenvalue weighted by Gasteiger charge is -2.19. The molecule has 0 aliphatic heterocycles. The van der Waals surface area contributed by atoms with E-state index in [-0.39, 0.29) is 36.7 Å². The highest BCUT2D eigenvalue weighted by Gasteiger charge is 2.27. The molecule has 6 nitrogen and oxygen atoms in total. The molecule has 0 fully saturated rings. The molecule has 0 aliphatic carbocycles.